The van der Waals surface area contributed by atoms with Gasteiger partial charge in [-0.2, -0.15) is 5.10 Å². The average Bonchev–Trinajstić information content (AvgIpc) is 3.52. The van der Waals surface area contributed by atoms with Crippen molar-refractivity contribution in [2.24, 2.45) is 0 Å². The van der Waals surface area contributed by atoms with E-state index in [1.807, 2.05) is 39.0 Å². The fourth-order valence-electron chi connectivity index (χ4n) is 4.25. The summed E-state index contributed by atoms with van der Waals surface area (Å²) in [5.41, 5.74) is 1.83. The Bertz CT molecular complexity index is 1140. The fourth-order valence-corrected chi connectivity index (χ4v) is 4.25. The normalized spacial score (nSPS) is 16.5. The van der Waals surface area contributed by atoms with Crippen LogP contribution in [0.5, 0.6) is 0 Å². The fraction of sp³-hybridized carbons (Fsp3) is 0.500. The van der Waals surface area contributed by atoms with Gasteiger partial charge in [-0.05, 0) is 52.4 Å². The third kappa shape index (κ3) is 5.69. The van der Waals surface area contributed by atoms with Gasteiger partial charge in [-0.25, -0.2) is 14.6 Å². The van der Waals surface area contributed by atoms with Gasteiger partial charge in [-0.3, -0.25) is 14.6 Å². The first kappa shape index (κ1) is 24.1. The largest absolute Gasteiger partial charge is 0.458 e. The van der Waals surface area contributed by atoms with Gasteiger partial charge in [0.05, 0.1) is 18.8 Å². The summed E-state index contributed by atoms with van der Waals surface area (Å²) >= 11 is 0. The summed E-state index contributed by atoms with van der Waals surface area (Å²) in [6.07, 6.45) is 1.03. The van der Waals surface area contributed by atoms with Gasteiger partial charge in [-0.15, -0.1) is 0 Å². The summed E-state index contributed by atoms with van der Waals surface area (Å²) in [6, 6.07) is 7.83. The van der Waals surface area contributed by atoms with Crippen LogP contribution in [0.15, 0.2) is 28.7 Å². The van der Waals surface area contributed by atoms with Gasteiger partial charge in [0.1, 0.15) is 11.6 Å². The Morgan fingerprint density at radius 1 is 1.26 bits per heavy atom. The molecule has 0 saturated carbocycles. The molecule has 1 atom stereocenters. The topological polar surface area (TPSA) is 102 Å². The number of hydrogen-bond acceptors (Lipinski definition) is 8. The van der Waals surface area contributed by atoms with Crippen molar-refractivity contribution in [1.82, 2.24) is 29.5 Å². The second-order valence-electron chi connectivity index (χ2n) is 8.88. The van der Waals surface area contributed by atoms with Gasteiger partial charge in [0.25, 0.3) is 0 Å². The van der Waals surface area contributed by atoms with Crippen LogP contribution in [0.3, 0.4) is 0 Å². The van der Waals surface area contributed by atoms with Crippen LogP contribution in [-0.2, 0) is 9.53 Å². The summed E-state index contributed by atoms with van der Waals surface area (Å²) in [4.78, 5) is 26.6. The average molecular weight is 468 g/mol. The number of aryl methyl sites for hydroxylation is 3. The number of nitrogens with one attached hydrogen (secondary N) is 1. The maximum Gasteiger partial charge on any atom is 0.239 e. The minimum Gasteiger partial charge on any atom is -0.458 e. The lowest BCUT2D eigenvalue weighted by Gasteiger charge is -2.24. The van der Waals surface area contributed by atoms with Crippen LogP contribution in [0.2, 0.25) is 0 Å². The van der Waals surface area contributed by atoms with E-state index in [-0.39, 0.29) is 5.91 Å². The van der Waals surface area contributed by atoms with Crippen LogP contribution in [0.1, 0.15) is 23.6 Å². The first-order valence-electron chi connectivity index (χ1n) is 11.5. The highest BCUT2D eigenvalue weighted by molar-refractivity contribution is 5.91. The number of hydrogen-bond donors (Lipinski definition) is 1. The Morgan fingerprint density at radius 2 is 2.09 bits per heavy atom. The molecule has 0 aromatic carbocycles. The number of rotatable bonds is 9. The van der Waals surface area contributed by atoms with E-state index in [0.29, 0.717) is 42.4 Å². The van der Waals surface area contributed by atoms with E-state index in [1.54, 1.807) is 17.9 Å². The molecule has 10 nitrogen and oxygen atoms in total. The van der Waals surface area contributed by atoms with Crippen molar-refractivity contribution >= 4 is 11.7 Å². The molecular weight excluding hydrogens is 434 g/mol. The molecule has 1 aliphatic rings. The number of carbonyl (C=O) groups is 1. The number of likely N-dealkylation sites (tertiary alicyclic amines) is 1. The van der Waals surface area contributed by atoms with Crippen molar-refractivity contribution in [2.75, 3.05) is 52.3 Å². The first-order chi connectivity index (χ1) is 16.3. The third-order valence-corrected chi connectivity index (χ3v) is 6.05. The molecule has 10 heteroatoms. The van der Waals surface area contributed by atoms with E-state index in [9.17, 15) is 4.79 Å². The lowest BCUT2D eigenvalue weighted by Crippen LogP contribution is -2.38. The predicted octanol–water partition coefficient (Wildman–Crippen LogP) is 2.44. The van der Waals surface area contributed by atoms with Crippen molar-refractivity contribution in [3.8, 4) is 17.4 Å². The molecule has 0 bridgehead atoms. The smallest absolute Gasteiger partial charge is 0.239 e. The Kier molecular flexibility index (Phi) is 7.40. The van der Waals surface area contributed by atoms with Crippen LogP contribution in [-0.4, -0.2) is 88.4 Å². The Hall–Kier alpha value is -3.08. The van der Waals surface area contributed by atoms with E-state index in [1.165, 1.54) is 0 Å². The number of amides is 1. The van der Waals surface area contributed by atoms with E-state index < -0.39 is 0 Å². The summed E-state index contributed by atoms with van der Waals surface area (Å²) in [5.74, 6) is 2.58. The van der Waals surface area contributed by atoms with Crippen molar-refractivity contribution in [3.63, 3.8) is 0 Å². The Labute approximate surface area is 199 Å². The molecule has 1 saturated heterocycles. The molecule has 1 N–H and O–H groups in total. The van der Waals surface area contributed by atoms with Crippen molar-refractivity contribution in [3.05, 3.63) is 41.4 Å². The number of aromatic nitrogens is 4. The standard InChI is InChI=1S/C24H33N7O3/c1-16-12-17(2)31(28-16)22-13-21(26-24(27-22)20-7-6-18(3)34-20)25-23(32)15-30-9-8-19(14-30)29(4)10-11-33-5/h6-7,12-13,19H,8-11,14-15H2,1-5H3,(H,25,26,27,32)/t19-/m0/s1. The quantitative estimate of drug-likeness (QED) is 0.512. The van der Waals surface area contributed by atoms with Gasteiger partial charge in [0.2, 0.25) is 5.91 Å². The highest BCUT2D eigenvalue weighted by atomic mass is 16.5. The number of carbonyl (C=O) groups excluding carboxylic acids is 1. The second-order valence-corrected chi connectivity index (χ2v) is 8.88. The highest BCUT2D eigenvalue weighted by Gasteiger charge is 2.27. The molecule has 3 aromatic rings. The molecule has 4 rings (SSSR count). The van der Waals surface area contributed by atoms with Crippen LogP contribution < -0.4 is 5.32 Å². The summed E-state index contributed by atoms with van der Waals surface area (Å²) in [5, 5.41) is 7.48. The molecule has 1 amide bonds. The number of nitrogens with zero attached hydrogens (tertiary/aromatic N) is 6. The van der Waals surface area contributed by atoms with Crippen molar-refractivity contribution in [1.29, 1.82) is 0 Å². The molecule has 4 heterocycles. The summed E-state index contributed by atoms with van der Waals surface area (Å²) < 4.78 is 12.7. The predicted molar refractivity (Wildman–Crippen MR) is 129 cm³/mol. The van der Waals surface area contributed by atoms with E-state index in [4.69, 9.17) is 9.15 Å². The zero-order valence-corrected chi connectivity index (χ0v) is 20.5. The van der Waals surface area contributed by atoms with Crippen LogP contribution in [0.25, 0.3) is 17.4 Å². The number of anilines is 1. The molecule has 34 heavy (non-hydrogen) atoms. The number of ether oxygens (including phenoxy) is 1. The van der Waals surface area contributed by atoms with Gasteiger partial charge in [0.15, 0.2) is 17.4 Å². The van der Waals surface area contributed by atoms with Gasteiger partial charge < -0.3 is 14.5 Å². The van der Waals surface area contributed by atoms with E-state index in [0.717, 1.165) is 43.2 Å². The molecule has 1 fully saturated rings. The van der Waals surface area contributed by atoms with E-state index >= 15 is 0 Å². The van der Waals surface area contributed by atoms with E-state index in [2.05, 4.69) is 37.2 Å². The second kappa shape index (κ2) is 10.5. The van der Waals surface area contributed by atoms with Crippen LogP contribution in [0, 0.1) is 20.8 Å². The van der Waals surface area contributed by atoms with Crippen molar-refractivity contribution < 1.29 is 13.9 Å². The number of furan rings is 1. The number of likely N-dealkylation sites (N-methyl/N-ethyl adjacent to an activating group) is 1. The molecule has 0 spiro atoms. The maximum atomic E-state index is 12.9. The maximum absolute atomic E-state index is 12.9. The summed E-state index contributed by atoms with van der Waals surface area (Å²) in [7, 11) is 3.82. The molecule has 182 valence electrons. The molecular formula is C24H33N7O3. The van der Waals surface area contributed by atoms with Crippen LogP contribution in [0.4, 0.5) is 5.82 Å². The first-order valence-corrected chi connectivity index (χ1v) is 11.5. The molecule has 1 aliphatic heterocycles. The van der Waals surface area contributed by atoms with Gasteiger partial charge in [0, 0.05) is 44.5 Å². The van der Waals surface area contributed by atoms with Gasteiger partial charge >= 0.3 is 0 Å². The van der Waals surface area contributed by atoms with Gasteiger partial charge in [-0.1, -0.05) is 0 Å². The lowest BCUT2D eigenvalue weighted by atomic mass is 10.2. The third-order valence-electron chi connectivity index (χ3n) is 6.05. The molecule has 0 aliphatic carbocycles. The SMILES string of the molecule is COCCN(C)[C@H]1CCN(CC(=O)Nc2cc(-n3nc(C)cc3C)nc(-c3ccc(C)o3)n2)C1. The Morgan fingerprint density at radius 3 is 2.76 bits per heavy atom. The lowest BCUT2D eigenvalue weighted by molar-refractivity contribution is -0.117. The van der Waals surface area contributed by atoms with Crippen LogP contribution >= 0.6 is 0 Å². The summed E-state index contributed by atoms with van der Waals surface area (Å²) in [6.45, 7) is 9.39. The molecule has 3 aromatic heterocycles. The zero-order valence-electron chi connectivity index (χ0n) is 20.5. The molecule has 0 unspecified atom stereocenters. The minimum atomic E-state index is -0.111. The van der Waals surface area contributed by atoms with Crippen molar-refractivity contribution in [2.45, 2.75) is 33.2 Å². The highest BCUT2D eigenvalue weighted by Crippen LogP contribution is 2.23. The molecule has 0 radical (unpaired) electrons. The Balaban J connectivity index is 1.49. The zero-order chi connectivity index (χ0) is 24.2. The number of methoxy groups -OCH3 is 1. The monoisotopic (exact) mass is 467 g/mol. The minimum absolute atomic E-state index is 0.111.